The maximum Gasteiger partial charge on any atom is 0.220 e. The number of hydrogen-bond acceptors (Lipinski definition) is 3. The zero-order valence-corrected chi connectivity index (χ0v) is 9.29. The van der Waals surface area contributed by atoms with Crippen molar-refractivity contribution in [2.24, 2.45) is 0 Å². The first-order chi connectivity index (χ1) is 7.58. The van der Waals surface area contributed by atoms with Gasteiger partial charge in [-0.15, -0.1) is 0 Å². The van der Waals surface area contributed by atoms with Crippen molar-refractivity contribution in [2.75, 3.05) is 5.73 Å². The van der Waals surface area contributed by atoms with Crippen LogP contribution in [0.5, 0.6) is 0 Å². The van der Waals surface area contributed by atoms with Crippen LogP contribution in [0.25, 0.3) is 11.3 Å². The lowest BCUT2D eigenvalue weighted by atomic mass is 10.1. The molecule has 0 aliphatic rings. The van der Waals surface area contributed by atoms with Crippen LogP contribution < -0.4 is 5.73 Å². The normalized spacial score (nSPS) is 10.4. The van der Waals surface area contributed by atoms with Gasteiger partial charge >= 0.3 is 0 Å². The molecule has 1 aromatic carbocycles. The summed E-state index contributed by atoms with van der Waals surface area (Å²) in [5, 5.41) is 0.442. The molecule has 2 rings (SSSR count). The Morgan fingerprint density at radius 1 is 1.38 bits per heavy atom. The Kier molecular flexibility index (Phi) is 2.75. The number of halogens is 2. The van der Waals surface area contributed by atoms with Crippen LogP contribution in [-0.4, -0.2) is 9.97 Å². The second kappa shape index (κ2) is 4.06. The molecule has 2 aromatic rings. The molecule has 1 heterocycles. The molecular weight excluding hydrogens is 229 g/mol. The topological polar surface area (TPSA) is 51.8 Å². The molecule has 0 aliphatic carbocycles. The zero-order chi connectivity index (χ0) is 11.7. The molecule has 0 unspecified atom stereocenters. The van der Waals surface area contributed by atoms with Gasteiger partial charge < -0.3 is 5.73 Å². The number of rotatable bonds is 1. The molecular formula is C11H9ClFN3. The van der Waals surface area contributed by atoms with Crippen molar-refractivity contribution in [3.05, 3.63) is 40.8 Å². The lowest BCUT2D eigenvalue weighted by Gasteiger charge is -2.06. The molecule has 82 valence electrons. The van der Waals surface area contributed by atoms with Crippen LogP contribution in [0, 0.1) is 12.7 Å². The molecule has 0 amide bonds. The average molecular weight is 238 g/mol. The molecule has 0 atom stereocenters. The van der Waals surface area contributed by atoms with Crippen molar-refractivity contribution in [1.29, 1.82) is 0 Å². The Morgan fingerprint density at radius 2 is 2.12 bits per heavy atom. The van der Waals surface area contributed by atoms with E-state index in [0.717, 1.165) is 0 Å². The second-order valence-electron chi connectivity index (χ2n) is 3.38. The SMILES string of the molecule is Cc1cc(Cl)c(-c2ccnc(N)n2)cc1F. The largest absolute Gasteiger partial charge is 0.368 e. The summed E-state index contributed by atoms with van der Waals surface area (Å²) in [5.74, 6) is -0.189. The van der Waals surface area contributed by atoms with Crippen LogP contribution in [0.15, 0.2) is 24.4 Å². The van der Waals surface area contributed by atoms with Crippen molar-refractivity contribution in [2.45, 2.75) is 6.92 Å². The number of nitrogens with two attached hydrogens (primary N) is 1. The van der Waals surface area contributed by atoms with Gasteiger partial charge in [-0.1, -0.05) is 11.6 Å². The predicted octanol–water partition coefficient (Wildman–Crippen LogP) is 2.83. The molecule has 0 saturated carbocycles. The van der Waals surface area contributed by atoms with Crippen molar-refractivity contribution in [3.63, 3.8) is 0 Å². The highest BCUT2D eigenvalue weighted by Gasteiger charge is 2.09. The van der Waals surface area contributed by atoms with Gasteiger partial charge in [0.2, 0.25) is 5.95 Å². The Labute approximate surface area is 97.1 Å². The summed E-state index contributed by atoms with van der Waals surface area (Å²) in [6, 6.07) is 4.54. The number of nitrogens with zero attached hydrogens (tertiary/aromatic N) is 2. The Morgan fingerprint density at radius 3 is 2.81 bits per heavy atom. The molecule has 16 heavy (non-hydrogen) atoms. The maximum absolute atomic E-state index is 13.4. The van der Waals surface area contributed by atoms with Crippen LogP contribution in [-0.2, 0) is 0 Å². The Bertz CT molecular complexity index is 543. The fourth-order valence-electron chi connectivity index (χ4n) is 1.37. The van der Waals surface area contributed by atoms with E-state index in [2.05, 4.69) is 9.97 Å². The Balaban J connectivity index is 2.60. The highest BCUT2D eigenvalue weighted by molar-refractivity contribution is 6.33. The maximum atomic E-state index is 13.4. The number of nitrogen functional groups attached to an aromatic ring is 1. The third kappa shape index (κ3) is 1.97. The summed E-state index contributed by atoms with van der Waals surface area (Å²) in [6.07, 6.45) is 1.51. The highest BCUT2D eigenvalue weighted by atomic mass is 35.5. The number of anilines is 1. The van der Waals surface area contributed by atoms with Crippen LogP contribution in [0.4, 0.5) is 10.3 Å². The molecule has 1 aromatic heterocycles. The summed E-state index contributed by atoms with van der Waals surface area (Å²) < 4.78 is 13.4. The molecule has 0 fully saturated rings. The van der Waals surface area contributed by atoms with Crippen LogP contribution in [0.1, 0.15) is 5.56 Å². The quantitative estimate of drug-likeness (QED) is 0.830. The fraction of sp³-hybridized carbons (Fsp3) is 0.0909. The third-order valence-electron chi connectivity index (χ3n) is 2.20. The van der Waals surface area contributed by atoms with Crippen molar-refractivity contribution in [3.8, 4) is 11.3 Å². The van der Waals surface area contributed by atoms with Gasteiger partial charge in [0.25, 0.3) is 0 Å². The zero-order valence-electron chi connectivity index (χ0n) is 8.54. The molecule has 0 saturated heterocycles. The number of aromatic nitrogens is 2. The van der Waals surface area contributed by atoms with Crippen molar-refractivity contribution < 1.29 is 4.39 Å². The molecule has 5 heteroatoms. The summed E-state index contributed by atoms with van der Waals surface area (Å²) >= 11 is 6.02. The van der Waals surface area contributed by atoms with E-state index in [1.807, 2.05) is 0 Å². The minimum absolute atomic E-state index is 0.134. The van der Waals surface area contributed by atoms with Crippen molar-refractivity contribution in [1.82, 2.24) is 9.97 Å². The van der Waals surface area contributed by atoms with E-state index in [0.29, 0.717) is 21.8 Å². The lowest BCUT2D eigenvalue weighted by molar-refractivity contribution is 0.619. The summed E-state index contributed by atoms with van der Waals surface area (Å²) in [7, 11) is 0. The van der Waals surface area contributed by atoms with Gasteiger partial charge in [-0.05, 0) is 30.7 Å². The minimum atomic E-state index is -0.323. The third-order valence-corrected chi connectivity index (χ3v) is 2.51. The van der Waals surface area contributed by atoms with Gasteiger partial charge in [0.1, 0.15) is 5.82 Å². The first-order valence-electron chi connectivity index (χ1n) is 4.62. The van der Waals surface area contributed by atoms with Gasteiger partial charge in [-0.25, -0.2) is 14.4 Å². The van der Waals surface area contributed by atoms with E-state index in [-0.39, 0.29) is 11.8 Å². The number of aryl methyl sites for hydroxylation is 1. The predicted molar refractivity (Wildman–Crippen MR) is 61.6 cm³/mol. The molecule has 2 N–H and O–H groups in total. The van der Waals surface area contributed by atoms with E-state index >= 15 is 0 Å². The smallest absolute Gasteiger partial charge is 0.220 e. The molecule has 0 radical (unpaired) electrons. The van der Waals surface area contributed by atoms with Gasteiger partial charge in [0, 0.05) is 11.8 Å². The van der Waals surface area contributed by atoms with Crippen LogP contribution in [0.2, 0.25) is 5.02 Å². The van der Waals surface area contributed by atoms with Crippen molar-refractivity contribution >= 4 is 17.5 Å². The van der Waals surface area contributed by atoms with Gasteiger partial charge in [0.15, 0.2) is 0 Å². The summed E-state index contributed by atoms with van der Waals surface area (Å²) in [5.41, 5.74) is 6.97. The fourth-order valence-corrected chi connectivity index (χ4v) is 1.68. The van der Waals surface area contributed by atoms with Gasteiger partial charge in [0.05, 0.1) is 10.7 Å². The Hall–Kier alpha value is -1.68. The minimum Gasteiger partial charge on any atom is -0.368 e. The van der Waals surface area contributed by atoms with E-state index < -0.39 is 0 Å². The number of hydrogen-bond donors (Lipinski definition) is 1. The summed E-state index contributed by atoms with van der Waals surface area (Å²) in [6.45, 7) is 1.65. The molecule has 0 bridgehead atoms. The number of benzene rings is 1. The monoisotopic (exact) mass is 237 g/mol. The molecule has 3 nitrogen and oxygen atoms in total. The highest BCUT2D eigenvalue weighted by Crippen LogP contribution is 2.28. The van der Waals surface area contributed by atoms with E-state index in [1.54, 1.807) is 19.1 Å². The van der Waals surface area contributed by atoms with E-state index in [1.165, 1.54) is 12.3 Å². The van der Waals surface area contributed by atoms with Gasteiger partial charge in [-0.2, -0.15) is 0 Å². The van der Waals surface area contributed by atoms with E-state index in [9.17, 15) is 4.39 Å². The standard InChI is InChI=1S/C11H9ClFN3/c1-6-4-8(12)7(5-9(6)13)10-2-3-15-11(14)16-10/h2-5H,1H3,(H2,14,15,16). The second-order valence-corrected chi connectivity index (χ2v) is 3.79. The molecule has 0 spiro atoms. The average Bonchev–Trinajstić information content (AvgIpc) is 2.23. The van der Waals surface area contributed by atoms with Gasteiger partial charge in [-0.3, -0.25) is 0 Å². The van der Waals surface area contributed by atoms with E-state index in [4.69, 9.17) is 17.3 Å². The molecule has 0 aliphatic heterocycles. The lowest BCUT2D eigenvalue weighted by Crippen LogP contribution is -1.96. The van der Waals surface area contributed by atoms with Crippen LogP contribution in [0.3, 0.4) is 0 Å². The first-order valence-corrected chi connectivity index (χ1v) is 5.00. The summed E-state index contributed by atoms with van der Waals surface area (Å²) in [4.78, 5) is 7.76. The van der Waals surface area contributed by atoms with Crippen LogP contribution >= 0.6 is 11.6 Å². The first kappa shape index (κ1) is 10.8.